The topological polar surface area (TPSA) is 61.7 Å². The van der Waals surface area contributed by atoms with E-state index >= 15 is 0 Å². The molecule has 0 saturated heterocycles. The van der Waals surface area contributed by atoms with Crippen LogP contribution in [-0.4, -0.2) is 16.7 Å². The fourth-order valence-electron chi connectivity index (χ4n) is 2.87. The van der Waals surface area contributed by atoms with Gasteiger partial charge in [-0.3, -0.25) is 4.79 Å². The number of hydrazone groups is 1. The number of amides is 1. The Labute approximate surface area is 183 Å². The molecule has 0 bridgehead atoms. The molecule has 0 aliphatic carbocycles. The highest BCUT2D eigenvalue weighted by atomic mass is 79.9. The summed E-state index contributed by atoms with van der Waals surface area (Å²) in [6.07, 6.45) is 0. The molecule has 0 atom stereocenters. The average Bonchev–Trinajstić information content (AvgIpc) is 3.00. The maximum Gasteiger partial charge on any atom is 0.271 e. The van der Waals surface area contributed by atoms with Crippen LogP contribution in [0.15, 0.2) is 63.5 Å². The summed E-state index contributed by atoms with van der Waals surface area (Å²) in [5, 5.41) is 15.0. The van der Waals surface area contributed by atoms with Crippen LogP contribution in [0, 0.1) is 0 Å². The van der Waals surface area contributed by atoms with Crippen molar-refractivity contribution < 1.29 is 9.90 Å². The lowest BCUT2D eigenvalue weighted by Gasteiger charge is -2.19. The van der Waals surface area contributed by atoms with E-state index in [1.165, 1.54) is 16.9 Å². The SMILES string of the molecule is CC(=NNC(=O)c1ccccc1)c1c(Br)sc(-c2ccc(C(C)(C)C)cc2)c1O. The molecular weight excluding hydrogens is 448 g/mol. The second-order valence-corrected chi connectivity index (χ2v) is 10.1. The lowest BCUT2D eigenvalue weighted by atomic mass is 9.86. The highest BCUT2D eigenvalue weighted by Gasteiger charge is 2.21. The van der Waals surface area contributed by atoms with Crippen LogP contribution in [0.3, 0.4) is 0 Å². The predicted molar refractivity (Wildman–Crippen MR) is 124 cm³/mol. The van der Waals surface area contributed by atoms with E-state index in [4.69, 9.17) is 0 Å². The molecule has 0 aliphatic rings. The van der Waals surface area contributed by atoms with E-state index in [0.29, 0.717) is 16.8 Å². The summed E-state index contributed by atoms with van der Waals surface area (Å²) in [5.41, 5.74) is 6.42. The van der Waals surface area contributed by atoms with Crippen molar-refractivity contribution >= 4 is 38.9 Å². The zero-order chi connectivity index (χ0) is 21.2. The highest BCUT2D eigenvalue weighted by Crippen LogP contribution is 2.45. The third-order valence-corrected chi connectivity index (χ3v) is 6.47. The lowest BCUT2D eigenvalue weighted by molar-refractivity contribution is 0.0955. The maximum absolute atomic E-state index is 12.2. The number of nitrogens with one attached hydrogen (secondary N) is 1. The molecule has 3 rings (SSSR count). The highest BCUT2D eigenvalue weighted by molar-refractivity contribution is 9.11. The van der Waals surface area contributed by atoms with E-state index in [2.05, 4.69) is 59.4 Å². The van der Waals surface area contributed by atoms with Gasteiger partial charge >= 0.3 is 0 Å². The first-order valence-electron chi connectivity index (χ1n) is 9.20. The van der Waals surface area contributed by atoms with Crippen LogP contribution in [0.2, 0.25) is 0 Å². The summed E-state index contributed by atoms with van der Waals surface area (Å²) in [7, 11) is 0. The van der Waals surface area contributed by atoms with Gasteiger partial charge in [0.15, 0.2) is 0 Å². The third-order valence-electron chi connectivity index (χ3n) is 4.58. The minimum atomic E-state index is -0.297. The number of hydrogen-bond donors (Lipinski definition) is 2. The second kappa shape index (κ2) is 8.51. The molecule has 0 radical (unpaired) electrons. The molecular formula is C23H23BrN2O2S. The van der Waals surface area contributed by atoms with Crippen molar-refractivity contribution in [3.05, 3.63) is 75.1 Å². The smallest absolute Gasteiger partial charge is 0.271 e. The van der Waals surface area contributed by atoms with Gasteiger partial charge < -0.3 is 5.11 Å². The molecule has 0 unspecified atom stereocenters. The Morgan fingerprint density at radius 1 is 1.07 bits per heavy atom. The first-order valence-corrected chi connectivity index (χ1v) is 10.8. The van der Waals surface area contributed by atoms with E-state index in [9.17, 15) is 9.90 Å². The monoisotopic (exact) mass is 470 g/mol. The van der Waals surface area contributed by atoms with Gasteiger partial charge in [0.1, 0.15) is 5.75 Å². The fraction of sp³-hybridized carbons (Fsp3) is 0.217. The van der Waals surface area contributed by atoms with Crippen molar-refractivity contribution in [3.63, 3.8) is 0 Å². The van der Waals surface area contributed by atoms with E-state index in [0.717, 1.165) is 14.2 Å². The molecule has 0 aliphatic heterocycles. The van der Waals surface area contributed by atoms with Gasteiger partial charge in [-0.1, -0.05) is 63.2 Å². The summed E-state index contributed by atoms with van der Waals surface area (Å²) in [6, 6.07) is 17.1. The van der Waals surface area contributed by atoms with Gasteiger partial charge in [-0.25, -0.2) is 5.43 Å². The van der Waals surface area contributed by atoms with E-state index in [1.807, 2.05) is 18.2 Å². The van der Waals surface area contributed by atoms with Crippen LogP contribution in [0.1, 0.15) is 49.2 Å². The molecule has 150 valence electrons. The van der Waals surface area contributed by atoms with Gasteiger partial charge in [0.05, 0.1) is 19.9 Å². The van der Waals surface area contributed by atoms with Crippen molar-refractivity contribution in [2.45, 2.75) is 33.1 Å². The Bertz CT molecular complexity index is 1050. The van der Waals surface area contributed by atoms with E-state index < -0.39 is 0 Å². The van der Waals surface area contributed by atoms with Gasteiger partial charge in [-0.05, 0) is 51.5 Å². The molecule has 4 nitrogen and oxygen atoms in total. The Morgan fingerprint density at radius 2 is 1.69 bits per heavy atom. The summed E-state index contributed by atoms with van der Waals surface area (Å²) in [4.78, 5) is 13.0. The lowest BCUT2D eigenvalue weighted by Crippen LogP contribution is -2.19. The Balaban J connectivity index is 1.86. The Kier molecular flexibility index (Phi) is 6.24. The van der Waals surface area contributed by atoms with Gasteiger partial charge in [0, 0.05) is 5.56 Å². The van der Waals surface area contributed by atoms with Crippen molar-refractivity contribution in [3.8, 4) is 16.2 Å². The molecule has 3 aromatic rings. The largest absolute Gasteiger partial charge is 0.506 e. The number of carbonyl (C=O) groups excluding carboxylic acids is 1. The van der Waals surface area contributed by atoms with E-state index in [1.54, 1.807) is 31.2 Å². The average molecular weight is 471 g/mol. The summed E-state index contributed by atoms with van der Waals surface area (Å²) in [5.74, 6) is -0.144. The summed E-state index contributed by atoms with van der Waals surface area (Å²) < 4.78 is 0.764. The number of rotatable bonds is 4. The Morgan fingerprint density at radius 3 is 2.28 bits per heavy atom. The zero-order valence-electron chi connectivity index (χ0n) is 16.8. The number of aromatic hydroxyl groups is 1. The molecule has 0 fully saturated rings. The van der Waals surface area contributed by atoms with Gasteiger partial charge in [0.2, 0.25) is 0 Å². The van der Waals surface area contributed by atoms with Crippen LogP contribution < -0.4 is 5.43 Å². The minimum Gasteiger partial charge on any atom is -0.506 e. The van der Waals surface area contributed by atoms with E-state index in [-0.39, 0.29) is 17.1 Å². The van der Waals surface area contributed by atoms with Gasteiger partial charge in [-0.15, -0.1) is 11.3 Å². The summed E-state index contributed by atoms with van der Waals surface area (Å²) in [6.45, 7) is 8.26. The second-order valence-electron chi connectivity index (χ2n) is 7.76. The first-order chi connectivity index (χ1) is 13.7. The van der Waals surface area contributed by atoms with Crippen molar-refractivity contribution in [2.24, 2.45) is 5.10 Å². The van der Waals surface area contributed by atoms with Crippen LogP contribution in [-0.2, 0) is 5.41 Å². The molecule has 1 heterocycles. The molecule has 0 spiro atoms. The Hall–Kier alpha value is -2.44. The molecule has 1 aromatic heterocycles. The quantitative estimate of drug-likeness (QED) is 0.345. The maximum atomic E-state index is 12.2. The third kappa shape index (κ3) is 4.77. The zero-order valence-corrected chi connectivity index (χ0v) is 19.2. The van der Waals surface area contributed by atoms with Crippen molar-refractivity contribution in [1.82, 2.24) is 5.43 Å². The molecule has 2 N–H and O–H groups in total. The molecule has 0 saturated carbocycles. The molecule has 1 amide bonds. The van der Waals surface area contributed by atoms with Gasteiger partial charge in [-0.2, -0.15) is 5.10 Å². The number of carbonyl (C=O) groups is 1. The van der Waals surface area contributed by atoms with Gasteiger partial charge in [0.25, 0.3) is 5.91 Å². The number of nitrogens with zero attached hydrogens (tertiary/aromatic N) is 1. The van der Waals surface area contributed by atoms with Crippen LogP contribution in [0.4, 0.5) is 0 Å². The normalized spacial score (nSPS) is 12.1. The fourth-order valence-corrected chi connectivity index (χ4v) is 4.81. The minimum absolute atomic E-state index is 0.0714. The van der Waals surface area contributed by atoms with Crippen LogP contribution >= 0.6 is 27.3 Å². The molecule has 2 aromatic carbocycles. The molecule has 6 heteroatoms. The number of benzene rings is 2. The predicted octanol–water partition coefficient (Wildman–Crippen LogP) is 6.33. The number of halogens is 1. The first kappa shape index (κ1) is 21.3. The van der Waals surface area contributed by atoms with Crippen LogP contribution in [0.5, 0.6) is 5.75 Å². The molecule has 29 heavy (non-hydrogen) atoms. The van der Waals surface area contributed by atoms with Crippen molar-refractivity contribution in [2.75, 3.05) is 0 Å². The number of thiophene rings is 1. The van der Waals surface area contributed by atoms with Crippen LogP contribution in [0.25, 0.3) is 10.4 Å². The van der Waals surface area contributed by atoms with Crippen molar-refractivity contribution in [1.29, 1.82) is 0 Å². The standard InChI is InChI=1S/C23H23BrN2O2S/c1-14(25-26-22(28)16-8-6-5-7-9-16)18-19(27)20(29-21(18)24)15-10-12-17(13-11-15)23(2,3)4/h5-13,27H,1-4H3,(H,26,28). The number of hydrogen-bond acceptors (Lipinski definition) is 4. The summed E-state index contributed by atoms with van der Waals surface area (Å²) >= 11 is 4.97.